The summed E-state index contributed by atoms with van der Waals surface area (Å²) in [7, 11) is -3.63. The fourth-order valence-corrected chi connectivity index (χ4v) is 3.43. The maximum atomic E-state index is 12.5. The molecule has 0 radical (unpaired) electrons. The van der Waals surface area contributed by atoms with Gasteiger partial charge < -0.3 is 14.6 Å². The van der Waals surface area contributed by atoms with Gasteiger partial charge in [0, 0.05) is 0 Å². The lowest BCUT2D eigenvalue weighted by molar-refractivity contribution is -0.140. The molecular weight excluding hydrogens is 328 g/mol. The maximum Gasteiger partial charge on any atom is 0.206 e. The molecule has 0 saturated heterocycles. The van der Waals surface area contributed by atoms with Gasteiger partial charge in [-0.3, -0.25) is 0 Å². The quantitative estimate of drug-likeness (QED) is 0.831. The van der Waals surface area contributed by atoms with E-state index in [4.69, 9.17) is 9.47 Å². The highest BCUT2D eigenvalue weighted by atomic mass is 32.2. The van der Waals surface area contributed by atoms with Crippen molar-refractivity contribution in [1.29, 1.82) is 0 Å². The summed E-state index contributed by atoms with van der Waals surface area (Å²) in [6.07, 6.45) is -0.454. The average molecular weight is 350 g/mol. The Morgan fingerprint density at radius 2 is 1.38 bits per heavy atom. The fourth-order valence-electron chi connectivity index (χ4n) is 2.17. The summed E-state index contributed by atoms with van der Waals surface area (Å²) >= 11 is 0. The van der Waals surface area contributed by atoms with Gasteiger partial charge in [-0.1, -0.05) is 0 Å². The zero-order chi connectivity index (χ0) is 18.0. The molecule has 0 fully saturated rings. The Balaban J connectivity index is 2.15. The van der Waals surface area contributed by atoms with Gasteiger partial charge in [0.25, 0.3) is 0 Å². The van der Waals surface area contributed by atoms with E-state index in [0.717, 1.165) is 0 Å². The summed E-state index contributed by atoms with van der Waals surface area (Å²) in [5.74, 6) is 0.543. The monoisotopic (exact) mass is 350 g/mol. The largest absolute Gasteiger partial charge is 0.508 e. The molecule has 0 aliphatic rings. The van der Waals surface area contributed by atoms with Crippen molar-refractivity contribution < 1.29 is 23.0 Å². The number of sulfone groups is 1. The topological polar surface area (TPSA) is 72.8 Å². The van der Waals surface area contributed by atoms with Crippen molar-refractivity contribution in [2.75, 3.05) is 0 Å². The second-order valence-corrected chi connectivity index (χ2v) is 8.33. The third kappa shape index (κ3) is 4.72. The fraction of sp³-hybridized carbons (Fsp3) is 0.333. The number of hydrogen-bond acceptors (Lipinski definition) is 5. The Kier molecular flexibility index (Phi) is 5.20. The van der Waals surface area contributed by atoms with Crippen LogP contribution >= 0.6 is 0 Å². The van der Waals surface area contributed by atoms with Crippen molar-refractivity contribution in [3.63, 3.8) is 0 Å². The Hall–Kier alpha value is -2.05. The molecule has 0 aromatic heterocycles. The zero-order valence-electron chi connectivity index (χ0n) is 14.2. The molecule has 2 rings (SSSR count). The third-order valence-corrected chi connectivity index (χ3v) is 4.89. The molecular formula is C18H22O5S. The first-order valence-corrected chi connectivity index (χ1v) is 9.05. The van der Waals surface area contributed by atoms with E-state index in [2.05, 4.69) is 0 Å². The molecule has 1 N–H and O–H groups in total. The van der Waals surface area contributed by atoms with Crippen LogP contribution in [-0.4, -0.2) is 25.4 Å². The van der Waals surface area contributed by atoms with Crippen molar-refractivity contribution in [3.8, 4) is 11.5 Å². The van der Waals surface area contributed by atoms with E-state index in [9.17, 15) is 13.5 Å². The number of benzene rings is 2. The molecule has 1 atom stereocenters. The predicted octanol–water partition coefficient (Wildman–Crippen LogP) is 3.76. The van der Waals surface area contributed by atoms with Crippen molar-refractivity contribution >= 4 is 9.84 Å². The van der Waals surface area contributed by atoms with Gasteiger partial charge in [0.1, 0.15) is 11.5 Å². The van der Waals surface area contributed by atoms with Crippen LogP contribution in [0.2, 0.25) is 0 Å². The number of phenols is 1. The van der Waals surface area contributed by atoms with Crippen molar-refractivity contribution in [2.45, 2.75) is 49.4 Å². The van der Waals surface area contributed by atoms with Crippen LogP contribution < -0.4 is 4.74 Å². The molecule has 24 heavy (non-hydrogen) atoms. The summed E-state index contributed by atoms with van der Waals surface area (Å²) in [4.78, 5) is 0.281. The number of rotatable bonds is 5. The first-order chi connectivity index (χ1) is 11.1. The normalized spacial score (nSPS) is 13.5. The molecule has 6 heteroatoms. The zero-order valence-corrected chi connectivity index (χ0v) is 15.0. The summed E-state index contributed by atoms with van der Waals surface area (Å²) < 4.78 is 36.3. The lowest BCUT2D eigenvalue weighted by atomic mass is 10.2. The molecule has 130 valence electrons. The second-order valence-electron chi connectivity index (χ2n) is 6.38. The molecule has 0 saturated carbocycles. The van der Waals surface area contributed by atoms with Crippen LogP contribution in [0.25, 0.3) is 0 Å². The van der Waals surface area contributed by atoms with Gasteiger partial charge >= 0.3 is 0 Å². The minimum absolute atomic E-state index is 0.0190. The van der Waals surface area contributed by atoms with Crippen LogP contribution in [0.1, 0.15) is 27.7 Å². The highest BCUT2D eigenvalue weighted by Crippen LogP contribution is 2.25. The van der Waals surface area contributed by atoms with E-state index >= 15 is 0 Å². The van der Waals surface area contributed by atoms with E-state index in [1.54, 1.807) is 19.1 Å². The van der Waals surface area contributed by atoms with Gasteiger partial charge in [-0.25, -0.2) is 8.42 Å². The first kappa shape index (κ1) is 18.3. The highest BCUT2D eigenvalue weighted by molar-refractivity contribution is 7.91. The van der Waals surface area contributed by atoms with Gasteiger partial charge in [-0.2, -0.15) is 0 Å². The van der Waals surface area contributed by atoms with Gasteiger partial charge in [0.2, 0.25) is 9.84 Å². The standard InChI is InChI=1S/C18H22O5S/c1-13(23-18(2,3)4)22-15-7-11-17(12-8-15)24(20,21)16-9-5-14(19)6-10-16/h5-13,19H,1-4H3. The van der Waals surface area contributed by atoms with Crippen molar-refractivity contribution in [3.05, 3.63) is 48.5 Å². The molecule has 0 bridgehead atoms. The number of hydrogen-bond donors (Lipinski definition) is 1. The Bertz CT molecular complexity index is 772. The number of ether oxygens (including phenoxy) is 2. The summed E-state index contributed by atoms with van der Waals surface area (Å²) in [5.41, 5.74) is -0.332. The molecule has 1 unspecified atom stereocenters. The minimum atomic E-state index is -3.63. The Labute approximate surface area is 142 Å². The van der Waals surface area contributed by atoms with Gasteiger partial charge in [0.15, 0.2) is 6.29 Å². The summed E-state index contributed by atoms with van der Waals surface area (Å²) in [6, 6.07) is 11.6. The smallest absolute Gasteiger partial charge is 0.206 e. The molecule has 0 spiro atoms. The van der Waals surface area contributed by atoms with Crippen LogP contribution in [0.5, 0.6) is 11.5 Å². The van der Waals surface area contributed by atoms with Gasteiger partial charge in [-0.15, -0.1) is 0 Å². The van der Waals surface area contributed by atoms with Gasteiger partial charge in [0.05, 0.1) is 15.4 Å². The lowest BCUT2D eigenvalue weighted by Crippen LogP contribution is -2.29. The molecule has 0 heterocycles. The van der Waals surface area contributed by atoms with Crippen LogP contribution in [0.4, 0.5) is 0 Å². The average Bonchev–Trinajstić information content (AvgIpc) is 2.46. The van der Waals surface area contributed by atoms with Crippen LogP contribution in [0.3, 0.4) is 0 Å². The summed E-state index contributed by atoms with van der Waals surface area (Å²) in [6.45, 7) is 7.58. The molecule has 0 aliphatic heterocycles. The highest BCUT2D eigenvalue weighted by Gasteiger charge is 2.19. The number of aromatic hydroxyl groups is 1. The van der Waals surface area contributed by atoms with Gasteiger partial charge in [-0.05, 0) is 76.2 Å². The van der Waals surface area contributed by atoms with E-state index in [0.29, 0.717) is 5.75 Å². The maximum absolute atomic E-state index is 12.5. The molecule has 0 amide bonds. The van der Waals surface area contributed by atoms with Crippen LogP contribution in [-0.2, 0) is 14.6 Å². The lowest BCUT2D eigenvalue weighted by Gasteiger charge is -2.25. The molecule has 2 aromatic carbocycles. The van der Waals surface area contributed by atoms with Crippen molar-refractivity contribution in [2.24, 2.45) is 0 Å². The van der Waals surface area contributed by atoms with Crippen LogP contribution in [0.15, 0.2) is 58.3 Å². The van der Waals surface area contributed by atoms with E-state index < -0.39 is 16.1 Å². The van der Waals surface area contributed by atoms with Crippen LogP contribution in [0, 0.1) is 0 Å². The first-order valence-electron chi connectivity index (χ1n) is 7.56. The predicted molar refractivity (Wildman–Crippen MR) is 90.9 cm³/mol. The van der Waals surface area contributed by atoms with E-state index in [-0.39, 0.29) is 21.1 Å². The SMILES string of the molecule is CC(Oc1ccc(S(=O)(=O)c2ccc(O)cc2)cc1)OC(C)(C)C. The molecule has 5 nitrogen and oxygen atoms in total. The summed E-state index contributed by atoms with van der Waals surface area (Å²) in [5, 5.41) is 9.27. The third-order valence-electron chi connectivity index (χ3n) is 3.10. The second kappa shape index (κ2) is 6.83. The van der Waals surface area contributed by atoms with E-state index in [1.807, 2.05) is 20.8 Å². The number of phenolic OH excluding ortho intramolecular Hbond substituents is 1. The Morgan fingerprint density at radius 1 is 0.917 bits per heavy atom. The minimum Gasteiger partial charge on any atom is -0.508 e. The molecule has 2 aromatic rings. The van der Waals surface area contributed by atoms with Crippen molar-refractivity contribution in [1.82, 2.24) is 0 Å². The molecule has 0 aliphatic carbocycles. The van der Waals surface area contributed by atoms with E-state index in [1.165, 1.54) is 36.4 Å². The Morgan fingerprint density at radius 3 is 1.83 bits per heavy atom.